The fraction of sp³-hybridized carbons (Fsp3) is 0.312. The van der Waals surface area contributed by atoms with Crippen LogP contribution in [0.5, 0.6) is 0 Å². The first-order chi connectivity index (χ1) is 10.6. The number of aliphatic carboxylic acids is 1. The summed E-state index contributed by atoms with van der Waals surface area (Å²) < 4.78 is 5.21. The van der Waals surface area contributed by atoms with Gasteiger partial charge in [0.1, 0.15) is 0 Å². The lowest BCUT2D eigenvalue weighted by atomic mass is 10.0. The maximum atomic E-state index is 12.5. The number of carboxylic acid groups (broad SMARTS) is 1. The molecule has 0 saturated carbocycles. The number of likely N-dealkylation sites (tertiary alicyclic amines) is 1. The molecule has 6 heteroatoms. The van der Waals surface area contributed by atoms with Crippen LogP contribution in [-0.4, -0.2) is 39.5 Å². The highest BCUT2D eigenvalue weighted by atomic mass is 16.4. The molecule has 2 atom stereocenters. The average Bonchev–Trinajstić information content (AvgIpc) is 3.16. The van der Waals surface area contributed by atoms with Gasteiger partial charge in [-0.25, -0.2) is 4.98 Å². The zero-order valence-corrected chi connectivity index (χ0v) is 12.1. The van der Waals surface area contributed by atoms with E-state index < -0.39 is 11.9 Å². The van der Waals surface area contributed by atoms with Crippen LogP contribution in [0.1, 0.15) is 23.7 Å². The normalized spacial score (nSPS) is 21.0. The second-order valence-electron chi connectivity index (χ2n) is 5.42. The minimum absolute atomic E-state index is 0.139. The van der Waals surface area contributed by atoms with E-state index >= 15 is 0 Å². The van der Waals surface area contributed by atoms with Crippen molar-refractivity contribution < 1.29 is 19.1 Å². The van der Waals surface area contributed by atoms with Crippen molar-refractivity contribution in [2.45, 2.75) is 19.4 Å². The van der Waals surface area contributed by atoms with Crippen LogP contribution in [-0.2, 0) is 4.79 Å². The maximum absolute atomic E-state index is 12.5. The lowest BCUT2D eigenvalue weighted by Crippen LogP contribution is -2.37. The second kappa shape index (κ2) is 5.63. The summed E-state index contributed by atoms with van der Waals surface area (Å²) in [5.74, 6) is -0.833. The highest BCUT2D eigenvalue weighted by Crippen LogP contribution is 2.27. The topological polar surface area (TPSA) is 83.6 Å². The number of benzene rings is 1. The van der Waals surface area contributed by atoms with Gasteiger partial charge in [0.25, 0.3) is 5.91 Å². The van der Waals surface area contributed by atoms with Crippen molar-refractivity contribution in [3.63, 3.8) is 0 Å². The Hall–Kier alpha value is -2.63. The quantitative estimate of drug-likeness (QED) is 0.940. The van der Waals surface area contributed by atoms with Crippen LogP contribution in [0.25, 0.3) is 11.3 Å². The highest BCUT2D eigenvalue weighted by molar-refractivity contribution is 5.95. The van der Waals surface area contributed by atoms with Gasteiger partial charge in [-0.2, -0.15) is 0 Å². The Morgan fingerprint density at radius 2 is 2.05 bits per heavy atom. The smallest absolute Gasteiger partial charge is 0.308 e. The van der Waals surface area contributed by atoms with E-state index in [1.807, 2.05) is 0 Å². The van der Waals surface area contributed by atoms with E-state index in [4.69, 9.17) is 9.52 Å². The molecule has 0 radical (unpaired) electrons. The van der Waals surface area contributed by atoms with E-state index in [0.717, 1.165) is 5.56 Å². The molecule has 0 aliphatic carbocycles. The minimum Gasteiger partial charge on any atom is -0.481 e. The third-order valence-corrected chi connectivity index (χ3v) is 4.18. The molecule has 114 valence electrons. The van der Waals surface area contributed by atoms with Gasteiger partial charge < -0.3 is 14.4 Å². The Balaban J connectivity index is 1.77. The van der Waals surface area contributed by atoms with Gasteiger partial charge in [-0.1, -0.05) is 12.1 Å². The van der Waals surface area contributed by atoms with Crippen LogP contribution < -0.4 is 0 Å². The van der Waals surface area contributed by atoms with Crippen LogP contribution in [0.3, 0.4) is 0 Å². The molecular weight excluding hydrogens is 284 g/mol. The Labute approximate surface area is 127 Å². The summed E-state index contributed by atoms with van der Waals surface area (Å²) in [6.45, 7) is 2.26. The zero-order valence-electron chi connectivity index (χ0n) is 12.1. The molecule has 1 amide bonds. The lowest BCUT2D eigenvalue weighted by molar-refractivity contribution is -0.142. The van der Waals surface area contributed by atoms with Gasteiger partial charge in [-0.05, 0) is 25.5 Å². The molecule has 3 rings (SSSR count). The molecular formula is C16H16N2O4. The van der Waals surface area contributed by atoms with E-state index in [0.29, 0.717) is 24.3 Å². The van der Waals surface area contributed by atoms with Crippen molar-refractivity contribution in [3.05, 3.63) is 42.4 Å². The Morgan fingerprint density at radius 3 is 2.59 bits per heavy atom. The van der Waals surface area contributed by atoms with E-state index in [1.54, 1.807) is 42.3 Å². The number of oxazole rings is 1. The van der Waals surface area contributed by atoms with Crippen molar-refractivity contribution in [2.24, 2.45) is 5.92 Å². The third kappa shape index (κ3) is 2.47. The summed E-state index contributed by atoms with van der Waals surface area (Å²) in [5, 5.41) is 9.14. The molecule has 1 aliphatic heterocycles. The molecule has 22 heavy (non-hydrogen) atoms. The standard InChI is InChI=1S/C16H16N2O4/c1-10-13(16(20)21)6-7-18(10)15(19)12-4-2-11(3-5-12)14-8-17-9-22-14/h2-5,8-10,13H,6-7H2,1H3,(H,20,21). The first-order valence-corrected chi connectivity index (χ1v) is 7.10. The monoisotopic (exact) mass is 300 g/mol. The van der Waals surface area contributed by atoms with Crippen LogP contribution in [0.15, 0.2) is 41.3 Å². The van der Waals surface area contributed by atoms with E-state index in [2.05, 4.69) is 4.98 Å². The predicted molar refractivity (Wildman–Crippen MR) is 78.2 cm³/mol. The molecule has 6 nitrogen and oxygen atoms in total. The molecule has 1 saturated heterocycles. The van der Waals surface area contributed by atoms with Crippen LogP contribution in [0, 0.1) is 5.92 Å². The summed E-state index contributed by atoms with van der Waals surface area (Å²) in [7, 11) is 0. The molecule has 1 aromatic carbocycles. The minimum atomic E-state index is -0.844. The van der Waals surface area contributed by atoms with Gasteiger partial charge in [0.2, 0.25) is 0 Å². The molecule has 2 heterocycles. The Kier molecular flexibility index (Phi) is 3.66. The molecule has 0 bridgehead atoms. The Bertz CT molecular complexity index is 679. The molecule has 1 fully saturated rings. The first-order valence-electron chi connectivity index (χ1n) is 7.10. The number of hydrogen-bond acceptors (Lipinski definition) is 4. The summed E-state index contributed by atoms with van der Waals surface area (Å²) in [6.07, 6.45) is 3.46. The number of nitrogens with zero attached hydrogens (tertiary/aromatic N) is 2. The van der Waals surface area contributed by atoms with E-state index in [1.165, 1.54) is 6.39 Å². The summed E-state index contributed by atoms with van der Waals surface area (Å²) in [6, 6.07) is 6.74. The lowest BCUT2D eigenvalue weighted by Gasteiger charge is -2.23. The van der Waals surface area contributed by atoms with Crippen molar-refractivity contribution in [2.75, 3.05) is 6.54 Å². The number of carbonyl (C=O) groups excluding carboxylic acids is 1. The number of amides is 1. The molecule has 1 aromatic heterocycles. The first kappa shape index (κ1) is 14.3. The Morgan fingerprint density at radius 1 is 1.32 bits per heavy atom. The molecule has 1 N–H and O–H groups in total. The molecule has 1 aliphatic rings. The SMILES string of the molecule is CC1C(C(=O)O)CCN1C(=O)c1ccc(-c2cnco2)cc1. The number of rotatable bonds is 3. The third-order valence-electron chi connectivity index (χ3n) is 4.18. The fourth-order valence-corrected chi connectivity index (χ4v) is 2.86. The van der Waals surface area contributed by atoms with Crippen molar-refractivity contribution in [1.82, 2.24) is 9.88 Å². The number of carbonyl (C=O) groups is 2. The number of carboxylic acids is 1. The van der Waals surface area contributed by atoms with Gasteiger partial charge in [0.15, 0.2) is 12.2 Å². The largest absolute Gasteiger partial charge is 0.481 e. The molecule has 0 spiro atoms. The summed E-state index contributed by atoms with van der Waals surface area (Å²) >= 11 is 0. The van der Waals surface area contributed by atoms with Gasteiger partial charge in [-0.3, -0.25) is 9.59 Å². The summed E-state index contributed by atoms with van der Waals surface area (Å²) in [5.41, 5.74) is 1.38. The van der Waals surface area contributed by atoms with Crippen LogP contribution in [0.4, 0.5) is 0 Å². The van der Waals surface area contributed by atoms with Crippen molar-refractivity contribution >= 4 is 11.9 Å². The number of aromatic nitrogens is 1. The van der Waals surface area contributed by atoms with Gasteiger partial charge in [-0.15, -0.1) is 0 Å². The van der Waals surface area contributed by atoms with Gasteiger partial charge in [0.05, 0.1) is 12.1 Å². The maximum Gasteiger partial charge on any atom is 0.308 e. The predicted octanol–water partition coefficient (Wildman–Crippen LogP) is 2.28. The van der Waals surface area contributed by atoms with E-state index in [-0.39, 0.29) is 11.9 Å². The highest BCUT2D eigenvalue weighted by Gasteiger charge is 2.38. The van der Waals surface area contributed by atoms with Crippen molar-refractivity contribution in [3.8, 4) is 11.3 Å². The summed E-state index contributed by atoms with van der Waals surface area (Å²) in [4.78, 5) is 29.1. The van der Waals surface area contributed by atoms with Crippen LogP contribution in [0.2, 0.25) is 0 Å². The van der Waals surface area contributed by atoms with Gasteiger partial charge >= 0.3 is 5.97 Å². The second-order valence-corrected chi connectivity index (χ2v) is 5.42. The number of hydrogen-bond donors (Lipinski definition) is 1. The molecule has 2 aromatic rings. The molecule has 2 unspecified atom stereocenters. The van der Waals surface area contributed by atoms with Crippen molar-refractivity contribution in [1.29, 1.82) is 0 Å². The zero-order chi connectivity index (χ0) is 15.7. The average molecular weight is 300 g/mol. The van der Waals surface area contributed by atoms with E-state index in [9.17, 15) is 9.59 Å². The fourth-order valence-electron chi connectivity index (χ4n) is 2.86. The van der Waals surface area contributed by atoms with Gasteiger partial charge in [0, 0.05) is 23.7 Å². The van der Waals surface area contributed by atoms with Crippen LogP contribution >= 0.6 is 0 Å².